The number of primary amides is 2. The lowest BCUT2D eigenvalue weighted by molar-refractivity contribution is -0.135. The van der Waals surface area contributed by atoms with Gasteiger partial charge in [-0.3, -0.25) is 9.59 Å². The minimum absolute atomic E-state index is 0.931. The second kappa shape index (κ2) is 7.33. The van der Waals surface area contributed by atoms with E-state index in [4.69, 9.17) is 0 Å². The third-order valence-corrected chi connectivity index (χ3v) is 0.243. The van der Waals surface area contributed by atoms with Gasteiger partial charge in [-0.25, -0.2) is 0 Å². The normalized spacial score (nSPS) is 7.56. The van der Waals surface area contributed by atoms with E-state index in [0.29, 0.717) is 0 Å². The number of hydrogen-bond acceptors (Lipinski definition) is 3. The number of nitrogens with two attached hydrogens (primary N) is 2. The summed E-state index contributed by atoms with van der Waals surface area (Å²) in [6.45, 7) is 0. The molecule has 4 N–H and O–H groups in total. The average molecular weight is 166 g/mol. The molecule has 0 fully saturated rings. The third-order valence-electron chi connectivity index (χ3n) is 0.243. The molecule has 0 aromatic heterocycles. The summed E-state index contributed by atoms with van der Waals surface area (Å²) in [5.41, 5.74) is 8.64. The lowest BCUT2D eigenvalue weighted by Gasteiger charge is -1.75. The van der Waals surface area contributed by atoms with Crippen molar-refractivity contribution >= 4 is 32.8 Å². The minimum Gasteiger partial charge on any atom is -0.471 e. The van der Waals surface area contributed by atoms with Gasteiger partial charge in [-0.1, -0.05) is 0 Å². The first-order valence-electron chi connectivity index (χ1n) is 2.05. The van der Waals surface area contributed by atoms with Crippen LogP contribution in [0.15, 0.2) is 0 Å². The Balaban J connectivity index is 0. The first kappa shape index (κ1) is 11.2. The Morgan fingerprint density at radius 1 is 1.11 bits per heavy atom. The minimum atomic E-state index is -1.10. The highest BCUT2D eigenvalue weighted by molar-refractivity contribution is 6.33. The van der Waals surface area contributed by atoms with Crippen LogP contribution < -0.4 is 11.5 Å². The molecule has 54 valence electrons. The summed E-state index contributed by atoms with van der Waals surface area (Å²) in [5, 5.41) is 0. The van der Waals surface area contributed by atoms with Crippen molar-refractivity contribution in [2.24, 2.45) is 11.5 Å². The van der Waals surface area contributed by atoms with Crippen LogP contribution in [0, 0.1) is 0 Å². The van der Waals surface area contributed by atoms with E-state index in [0.717, 1.165) is 21.0 Å². The summed E-state index contributed by atoms with van der Waals surface area (Å²) < 4.78 is 4.53. The van der Waals surface area contributed by atoms with Crippen molar-refractivity contribution in [1.82, 2.24) is 0 Å². The molecule has 0 bridgehead atoms. The van der Waals surface area contributed by atoms with E-state index >= 15 is 0 Å². The molecule has 0 atom stereocenters. The first-order valence-corrected chi connectivity index (χ1v) is 3.69. The molecule has 0 radical (unpaired) electrons. The quantitative estimate of drug-likeness (QED) is 0.280. The van der Waals surface area contributed by atoms with Crippen molar-refractivity contribution < 1.29 is 13.7 Å². The van der Waals surface area contributed by atoms with Crippen molar-refractivity contribution in [2.75, 3.05) is 0 Å². The zero-order valence-electron chi connectivity index (χ0n) is 5.38. The maximum Gasteiger partial charge on any atom is 0.306 e. The van der Waals surface area contributed by atoms with Crippen molar-refractivity contribution in [1.29, 1.82) is 0 Å². The molecule has 5 nitrogen and oxygen atoms in total. The van der Waals surface area contributed by atoms with E-state index in [1.807, 2.05) is 0 Å². The fourth-order valence-electron chi connectivity index (χ4n) is 0. The number of amides is 2. The second-order valence-corrected chi connectivity index (χ2v) is 4.40. The molecule has 0 aliphatic heterocycles. The molecule has 0 aliphatic carbocycles. The number of rotatable bonds is 0. The molecular weight excluding hydrogens is 156 g/mol. The van der Waals surface area contributed by atoms with Gasteiger partial charge >= 0.3 is 11.8 Å². The van der Waals surface area contributed by atoms with Gasteiger partial charge in [0.25, 0.3) is 0 Å². The first-order chi connectivity index (χ1) is 4.06. The Morgan fingerprint density at radius 3 is 1.22 bits per heavy atom. The molecular formula is C2H10N2O3Si2. The van der Waals surface area contributed by atoms with Gasteiger partial charge in [0.1, 0.15) is 21.0 Å². The molecule has 7 heteroatoms. The summed E-state index contributed by atoms with van der Waals surface area (Å²) >= 11 is 0. The third kappa shape index (κ3) is 18.8. The predicted octanol–water partition coefficient (Wildman–Crippen LogP) is -4.48. The molecule has 9 heavy (non-hydrogen) atoms. The fraction of sp³-hybridized carbons (Fsp3) is 0. The van der Waals surface area contributed by atoms with E-state index in [1.165, 1.54) is 0 Å². The second-order valence-electron chi connectivity index (χ2n) is 1.14. The van der Waals surface area contributed by atoms with Gasteiger partial charge in [0.2, 0.25) is 0 Å². The highest BCUT2D eigenvalue weighted by Crippen LogP contribution is 1.44. The molecule has 0 saturated carbocycles. The Labute approximate surface area is 58.8 Å². The van der Waals surface area contributed by atoms with Crippen LogP contribution >= 0.6 is 0 Å². The van der Waals surface area contributed by atoms with Crippen molar-refractivity contribution in [3.05, 3.63) is 0 Å². The van der Waals surface area contributed by atoms with E-state index in [-0.39, 0.29) is 0 Å². The van der Waals surface area contributed by atoms with Crippen LogP contribution in [0.3, 0.4) is 0 Å². The lowest BCUT2D eigenvalue weighted by Crippen LogP contribution is -2.29. The van der Waals surface area contributed by atoms with Gasteiger partial charge < -0.3 is 15.6 Å². The van der Waals surface area contributed by atoms with Crippen molar-refractivity contribution in [2.45, 2.75) is 0 Å². The van der Waals surface area contributed by atoms with Gasteiger partial charge in [0, 0.05) is 0 Å². The van der Waals surface area contributed by atoms with E-state index in [9.17, 15) is 9.59 Å². The molecule has 0 unspecified atom stereocenters. The SMILES string of the molecule is NC(=O)C(N)=O.[SiH3]O[SiH3]. The highest BCUT2D eigenvalue weighted by Gasteiger charge is 1.96. The van der Waals surface area contributed by atoms with Crippen LogP contribution in [0.5, 0.6) is 0 Å². The maximum atomic E-state index is 9.45. The highest BCUT2D eigenvalue weighted by atomic mass is 28.3. The standard InChI is InChI=1S/C2H4N2O2.H6OSi2/c3-1(5)2(4)6;2-1-3/h(H2,3,5)(H2,4,6);2-3H3. The van der Waals surface area contributed by atoms with Gasteiger partial charge in [-0.05, 0) is 0 Å². The Kier molecular flexibility index (Phi) is 9.10. The number of carbonyl (C=O) groups excluding carboxylic acids is 2. The number of hydrogen-bond donors (Lipinski definition) is 2. The largest absolute Gasteiger partial charge is 0.471 e. The molecule has 0 spiro atoms. The van der Waals surface area contributed by atoms with Gasteiger partial charge in [0.15, 0.2) is 0 Å². The zero-order valence-corrected chi connectivity index (χ0v) is 9.38. The van der Waals surface area contributed by atoms with Crippen LogP contribution in [0.25, 0.3) is 0 Å². The van der Waals surface area contributed by atoms with E-state index < -0.39 is 11.8 Å². The maximum absolute atomic E-state index is 9.45. The molecule has 0 aromatic carbocycles. The van der Waals surface area contributed by atoms with Crippen LogP contribution in [0.4, 0.5) is 0 Å². The average Bonchev–Trinajstić information content (AvgIpc) is 1.68. The van der Waals surface area contributed by atoms with Crippen LogP contribution in [0.1, 0.15) is 0 Å². The molecule has 0 saturated heterocycles. The zero-order chi connectivity index (χ0) is 7.86. The van der Waals surface area contributed by atoms with Gasteiger partial charge in [0.05, 0.1) is 0 Å². The monoisotopic (exact) mass is 166 g/mol. The van der Waals surface area contributed by atoms with Gasteiger partial charge in [-0.2, -0.15) is 0 Å². The van der Waals surface area contributed by atoms with Crippen molar-refractivity contribution in [3.8, 4) is 0 Å². The smallest absolute Gasteiger partial charge is 0.306 e. The summed E-state index contributed by atoms with van der Waals surface area (Å²) in [6.07, 6.45) is 0. The van der Waals surface area contributed by atoms with Crippen molar-refractivity contribution in [3.63, 3.8) is 0 Å². The Hall–Kier alpha value is -0.666. The molecule has 2 amide bonds. The van der Waals surface area contributed by atoms with E-state index in [1.54, 1.807) is 0 Å². The fourth-order valence-corrected chi connectivity index (χ4v) is 0. The summed E-state index contributed by atoms with van der Waals surface area (Å²) in [5.74, 6) is -2.20. The lowest BCUT2D eigenvalue weighted by atomic mass is 10.6. The molecule has 0 aliphatic rings. The summed E-state index contributed by atoms with van der Waals surface area (Å²) in [6, 6.07) is 0. The van der Waals surface area contributed by atoms with Crippen LogP contribution in [0.2, 0.25) is 0 Å². The van der Waals surface area contributed by atoms with Crippen LogP contribution in [-0.4, -0.2) is 32.8 Å². The Morgan fingerprint density at radius 2 is 1.22 bits per heavy atom. The molecule has 0 heterocycles. The predicted molar refractivity (Wildman–Crippen MR) is 39.4 cm³/mol. The van der Waals surface area contributed by atoms with Gasteiger partial charge in [-0.15, -0.1) is 0 Å². The van der Waals surface area contributed by atoms with E-state index in [2.05, 4.69) is 15.6 Å². The number of carbonyl (C=O) groups is 2. The Bertz CT molecular complexity index is 94.0. The van der Waals surface area contributed by atoms with Crippen LogP contribution in [-0.2, 0) is 13.7 Å². The summed E-state index contributed by atoms with van der Waals surface area (Å²) in [7, 11) is 1.86. The molecule has 0 aromatic rings. The summed E-state index contributed by atoms with van der Waals surface area (Å²) in [4.78, 5) is 18.9. The molecule has 0 rings (SSSR count). The topological polar surface area (TPSA) is 95.4 Å².